The van der Waals surface area contributed by atoms with E-state index >= 15 is 0 Å². The van der Waals surface area contributed by atoms with E-state index in [1.807, 2.05) is 0 Å². The van der Waals surface area contributed by atoms with Crippen molar-refractivity contribution in [2.75, 3.05) is 19.7 Å². The molecule has 0 unspecified atom stereocenters. The maximum atomic E-state index is 12.9. The van der Waals surface area contributed by atoms with Crippen molar-refractivity contribution in [3.63, 3.8) is 0 Å². The van der Waals surface area contributed by atoms with Crippen LogP contribution in [0.25, 0.3) is 0 Å². The first-order chi connectivity index (χ1) is 7.60. The molecule has 0 aromatic heterocycles. The summed E-state index contributed by atoms with van der Waals surface area (Å²) in [5.41, 5.74) is 0.00823. The number of aliphatic hydroxyl groups is 1. The van der Waals surface area contributed by atoms with Crippen molar-refractivity contribution >= 4 is 5.91 Å². The first-order valence-corrected chi connectivity index (χ1v) is 4.96. The highest BCUT2D eigenvalue weighted by molar-refractivity contribution is 5.94. The number of hydrogen-bond donors (Lipinski definition) is 1. The summed E-state index contributed by atoms with van der Waals surface area (Å²) in [4.78, 5) is 13.2. The average Bonchev–Trinajstić information content (AvgIpc) is 2.14. The third kappa shape index (κ3) is 2.04. The fourth-order valence-corrected chi connectivity index (χ4v) is 1.71. The van der Waals surface area contributed by atoms with Gasteiger partial charge in [0, 0.05) is 37.2 Å². The Morgan fingerprint density at radius 1 is 1.31 bits per heavy atom. The number of rotatable bonds is 2. The highest BCUT2D eigenvalue weighted by Gasteiger charge is 2.30. The van der Waals surface area contributed by atoms with Crippen molar-refractivity contribution in [3.8, 4) is 0 Å². The van der Waals surface area contributed by atoms with Crippen LogP contribution in [0.4, 0.5) is 8.78 Å². The summed E-state index contributed by atoms with van der Waals surface area (Å²) in [6.07, 6.45) is 0. The molecule has 1 aliphatic rings. The largest absolute Gasteiger partial charge is 0.396 e. The van der Waals surface area contributed by atoms with Crippen LogP contribution in [0.1, 0.15) is 10.4 Å². The molecule has 1 N–H and O–H groups in total. The zero-order valence-electron chi connectivity index (χ0n) is 8.49. The van der Waals surface area contributed by atoms with E-state index in [-0.39, 0.29) is 18.1 Å². The fourth-order valence-electron chi connectivity index (χ4n) is 1.71. The SMILES string of the molecule is O=C(c1cc(F)cc(F)c1)N1CC(CO)C1. The molecule has 3 nitrogen and oxygen atoms in total. The fraction of sp³-hybridized carbons (Fsp3) is 0.364. The highest BCUT2D eigenvalue weighted by Crippen LogP contribution is 2.19. The van der Waals surface area contributed by atoms with Gasteiger partial charge < -0.3 is 10.0 Å². The van der Waals surface area contributed by atoms with Gasteiger partial charge in [-0.2, -0.15) is 0 Å². The van der Waals surface area contributed by atoms with E-state index in [1.54, 1.807) is 0 Å². The maximum absolute atomic E-state index is 12.9. The second kappa shape index (κ2) is 4.17. The van der Waals surface area contributed by atoms with Crippen molar-refractivity contribution < 1.29 is 18.7 Å². The van der Waals surface area contributed by atoms with Crippen LogP contribution >= 0.6 is 0 Å². The number of benzene rings is 1. The third-order valence-electron chi connectivity index (χ3n) is 2.61. The Morgan fingerprint density at radius 2 is 1.88 bits per heavy atom. The summed E-state index contributed by atoms with van der Waals surface area (Å²) < 4.78 is 25.7. The molecule has 1 aliphatic heterocycles. The molecule has 16 heavy (non-hydrogen) atoms. The molecule has 1 fully saturated rings. The minimum atomic E-state index is -0.761. The van der Waals surface area contributed by atoms with Crippen molar-refractivity contribution in [1.82, 2.24) is 4.90 Å². The number of halogens is 2. The van der Waals surface area contributed by atoms with Gasteiger partial charge in [0.05, 0.1) is 0 Å². The molecule has 1 aromatic rings. The van der Waals surface area contributed by atoms with Gasteiger partial charge >= 0.3 is 0 Å². The normalized spacial score (nSPS) is 16.1. The summed E-state index contributed by atoms with van der Waals surface area (Å²) in [5.74, 6) is -1.84. The topological polar surface area (TPSA) is 40.5 Å². The number of hydrogen-bond acceptors (Lipinski definition) is 2. The van der Waals surface area contributed by atoms with Gasteiger partial charge in [0.1, 0.15) is 11.6 Å². The Labute approximate surface area is 91.3 Å². The quantitative estimate of drug-likeness (QED) is 0.819. The van der Waals surface area contributed by atoms with Crippen molar-refractivity contribution in [2.45, 2.75) is 0 Å². The zero-order chi connectivity index (χ0) is 11.7. The molecule has 2 rings (SSSR count). The molecule has 0 bridgehead atoms. The third-order valence-corrected chi connectivity index (χ3v) is 2.61. The van der Waals surface area contributed by atoms with Crippen LogP contribution in [0.3, 0.4) is 0 Å². The van der Waals surface area contributed by atoms with Crippen molar-refractivity contribution in [3.05, 3.63) is 35.4 Å². The average molecular weight is 227 g/mol. The molecule has 0 spiro atoms. The lowest BCUT2D eigenvalue weighted by molar-refractivity contribution is 0.0361. The molecule has 0 atom stereocenters. The smallest absolute Gasteiger partial charge is 0.254 e. The molecule has 5 heteroatoms. The van der Waals surface area contributed by atoms with Crippen molar-refractivity contribution in [1.29, 1.82) is 0 Å². The van der Waals surface area contributed by atoms with Crippen LogP contribution in [0.15, 0.2) is 18.2 Å². The van der Waals surface area contributed by atoms with Gasteiger partial charge in [-0.25, -0.2) is 8.78 Å². The Balaban J connectivity index is 2.10. The van der Waals surface area contributed by atoms with E-state index in [4.69, 9.17) is 5.11 Å². The first-order valence-electron chi connectivity index (χ1n) is 4.96. The summed E-state index contributed by atoms with van der Waals surface area (Å²) in [6.45, 7) is 0.905. The molecule has 1 saturated heterocycles. The lowest BCUT2D eigenvalue weighted by Gasteiger charge is -2.38. The number of carbonyl (C=O) groups is 1. The van der Waals surface area contributed by atoms with Crippen LogP contribution < -0.4 is 0 Å². The number of likely N-dealkylation sites (tertiary alicyclic amines) is 1. The summed E-state index contributed by atoms with van der Waals surface area (Å²) >= 11 is 0. The van der Waals surface area contributed by atoms with E-state index in [2.05, 4.69) is 0 Å². The first kappa shape index (κ1) is 11.0. The van der Waals surface area contributed by atoms with Gasteiger partial charge in [0.25, 0.3) is 5.91 Å². The molecule has 1 aromatic carbocycles. The molecular formula is C11H11F2NO2. The predicted octanol–water partition coefficient (Wildman–Crippen LogP) is 1.03. The minimum absolute atomic E-state index is 0.00823. The molecule has 0 radical (unpaired) electrons. The number of aliphatic hydroxyl groups excluding tert-OH is 1. The second-order valence-corrected chi connectivity index (χ2v) is 3.92. The van der Waals surface area contributed by atoms with E-state index in [0.29, 0.717) is 13.1 Å². The number of amides is 1. The van der Waals surface area contributed by atoms with Gasteiger partial charge in [-0.1, -0.05) is 0 Å². The van der Waals surface area contributed by atoms with Gasteiger partial charge in [-0.3, -0.25) is 4.79 Å². The van der Waals surface area contributed by atoms with E-state index in [1.165, 1.54) is 4.90 Å². The molecule has 1 heterocycles. The van der Waals surface area contributed by atoms with E-state index in [9.17, 15) is 13.6 Å². The molecule has 86 valence electrons. The Morgan fingerprint density at radius 3 is 2.38 bits per heavy atom. The number of carbonyl (C=O) groups excluding carboxylic acids is 1. The maximum Gasteiger partial charge on any atom is 0.254 e. The van der Waals surface area contributed by atoms with Crippen LogP contribution in [0, 0.1) is 17.6 Å². The standard InChI is InChI=1S/C11H11F2NO2/c12-9-1-8(2-10(13)3-9)11(16)14-4-7(5-14)6-15/h1-3,7,15H,4-6H2. The molecule has 0 aliphatic carbocycles. The second-order valence-electron chi connectivity index (χ2n) is 3.92. The predicted molar refractivity (Wildman–Crippen MR) is 52.8 cm³/mol. The molecular weight excluding hydrogens is 216 g/mol. The van der Waals surface area contributed by atoms with Crippen LogP contribution in [-0.4, -0.2) is 35.6 Å². The lowest BCUT2D eigenvalue weighted by atomic mass is 10.00. The van der Waals surface area contributed by atoms with Gasteiger partial charge in [0.2, 0.25) is 0 Å². The summed E-state index contributed by atoms with van der Waals surface area (Å²) in [5, 5.41) is 8.79. The summed E-state index contributed by atoms with van der Waals surface area (Å²) in [7, 11) is 0. The Bertz CT molecular complexity index is 396. The van der Waals surface area contributed by atoms with Crippen LogP contribution in [0.5, 0.6) is 0 Å². The highest BCUT2D eigenvalue weighted by atomic mass is 19.1. The van der Waals surface area contributed by atoms with E-state index in [0.717, 1.165) is 18.2 Å². The lowest BCUT2D eigenvalue weighted by Crippen LogP contribution is -2.51. The van der Waals surface area contributed by atoms with Crippen molar-refractivity contribution in [2.24, 2.45) is 5.92 Å². The molecule has 0 saturated carbocycles. The van der Waals surface area contributed by atoms with Gasteiger partial charge in [-0.05, 0) is 12.1 Å². The number of nitrogens with zero attached hydrogens (tertiary/aromatic N) is 1. The molecule has 1 amide bonds. The minimum Gasteiger partial charge on any atom is -0.396 e. The van der Waals surface area contributed by atoms with Gasteiger partial charge in [-0.15, -0.1) is 0 Å². The van der Waals surface area contributed by atoms with E-state index < -0.39 is 17.5 Å². The monoisotopic (exact) mass is 227 g/mol. The Hall–Kier alpha value is -1.49. The zero-order valence-corrected chi connectivity index (χ0v) is 8.49. The Kier molecular flexibility index (Phi) is 2.87. The van der Waals surface area contributed by atoms with Crippen LogP contribution in [-0.2, 0) is 0 Å². The summed E-state index contributed by atoms with van der Waals surface area (Å²) in [6, 6.07) is 2.75. The van der Waals surface area contributed by atoms with Crippen LogP contribution in [0.2, 0.25) is 0 Å². The van der Waals surface area contributed by atoms with Gasteiger partial charge in [0.15, 0.2) is 0 Å².